The Labute approximate surface area is 133 Å². The molecule has 1 aromatic carbocycles. The second kappa shape index (κ2) is 5.47. The van der Waals surface area contributed by atoms with Crippen molar-refractivity contribution in [1.29, 1.82) is 0 Å². The molecule has 1 N–H and O–H groups in total. The molecule has 5 nitrogen and oxygen atoms in total. The minimum atomic E-state index is -0.709. The van der Waals surface area contributed by atoms with Gasteiger partial charge >= 0.3 is 5.97 Å². The van der Waals surface area contributed by atoms with Gasteiger partial charge in [-0.05, 0) is 42.9 Å². The fraction of sp³-hybridized carbons (Fsp3) is 0.500. The molecule has 0 aromatic heterocycles. The molecule has 2 fully saturated rings. The standard InChI is InChI=1S/C16H18ClNO4/c1-22-13-8-10(17)2-3-11(13)14(19)18-6-4-16(5-7-18)9-12(16)15(20)21/h2-3,8,12H,4-7,9H2,1H3,(H,20,21). The Morgan fingerprint density at radius 2 is 2.05 bits per heavy atom. The molecule has 3 rings (SSSR count). The van der Waals surface area contributed by atoms with E-state index in [0.717, 1.165) is 19.3 Å². The summed E-state index contributed by atoms with van der Waals surface area (Å²) in [4.78, 5) is 25.5. The van der Waals surface area contributed by atoms with Crippen molar-refractivity contribution < 1.29 is 19.4 Å². The van der Waals surface area contributed by atoms with Gasteiger partial charge in [0.2, 0.25) is 0 Å². The van der Waals surface area contributed by atoms with Crippen LogP contribution in [0.2, 0.25) is 5.02 Å². The normalized spacial score (nSPS) is 22.5. The molecule has 6 heteroatoms. The second-order valence-electron chi connectivity index (χ2n) is 6.09. The van der Waals surface area contributed by atoms with Gasteiger partial charge in [-0.2, -0.15) is 0 Å². The average molecular weight is 324 g/mol. The number of aliphatic carboxylic acids is 1. The van der Waals surface area contributed by atoms with Gasteiger partial charge < -0.3 is 14.7 Å². The van der Waals surface area contributed by atoms with Crippen molar-refractivity contribution in [2.45, 2.75) is 19.3 Å². The number of benzene rings is 1. The van der Waals surface area contributed by atoms with Gasteiger partial charge in [0, 0.05) is 18.1 Å². The molecule has 1 aliphatic heterocycles. The van der Waals surface area contributed by atoms with Crippen molar-refractivity contribution in [2.24, 2.45) is 11.3 Å². The van der Waals surface area contributed by atoms with E-state index in [0.29, 0.717) is 29.4 Å². The third kappa shape index (κ3) is 2.54. The summed E-state index contributed by atoms with van der Waals surface area (Å²) in [7, 11) is 1.51. The first kappa shape index (κ1) is 15.2. The fourth-order valence-corrected chi connectivity index (χ4v) is 3.58. The van der Waals surface area contributed by atoms with E-state index in [2.05, 4.69) is 0 Å². The van der Waals surface area contributed by atoms with Crippen LogP contribution in [0.25, 0.3) is 0 Å². The van der Waals surface area contributed by atoms with Crippen molar-refractivity contribution in [3.63, 3.8) is 0 Å². The van der Waals surface area contributed by atoms with Gasteiger partial charge in [0.15, 0.2) is 0 Å². The van der Waals surface area contributed by atoms with Crippen LogP contribution in [0.5, 0.6) is 5.75 Å². The number of carboxylic acids is 1. The molecule has 1 spiro atoms. The topological polar surface area (TPSA) is 66.8 Å². The van der Waals surface area contributed by atoms with E-state index in [-0.39, 0.29) is 17.2 Å². The number of hydrogen-bond donors (Lipinski definition) is 1. The van der Waals surface area contributed by atoms with Crippen LogP contribution in [-0.4, -0.2) is 42.1 Å². The molecule has 0 bridgehead atoms. The Balaban J connectivity index is 1.69. The van der Waals surface area contributed by atoms with Crippen LogP contribution in [0.15, 0.2) is 18.2 Å². The van der Waals surface area contributed by atoms with Gasteiger partial charge in [0.1, 0.15) is 5.75 Å². The molecule has 1 unspecified atom stereocenters. The number of amides is 1. The van der Waals surface area contributed by atoms with E-state index in [1.165, 1.54) is 7.11 Å². The lowest BCUT2D eigenvalue weighted by Gasteiger charge is -2.33. The van der Waals surface area contributed by atoms with Crippen LogP contribution in [0.1, 0.15) is 29.6 Å². The Kier molecular flexibility index (Phi) is 3.77. The molecule has 22 heavy (non-hydrogen) atoms. The largest absolute Gasteiger partial charge is 0.496 e. The summed E-state index contributed by atoms with van der Waals surface area (Å²) in [5.41, 5.74) is 0.417. The lowest BCUT2D eigenvalue weighted by Crippen LogP contribution is -2.40. The maximum absolute atomic E-state index is 12.6. The molecule has 1 atom stereocenters. The van der Waals surface area contributed by atoms with Gasteiger partial charge in [-0.3, -0.25) is 9.59 Å². The highest BCUT2D eigenvalue weighted by Gasteiger charge is 2.59. The smallest absolute Gasteiger partial charge is 0.307 e. The average Bonchev–Trinajstić information content (AvgIpc) is 3.21. The van der Waals surface area contributed by atoms with E-state index in [4.69, 9.17) is 21.4 Å². The van der Waals surface area contributed by atoms with Crippen LogP contribution in [0, 0.1) is 11.3 Å². The number of halogens is 1. The number of rotatable bonds is 3. The lowest BCUT2D eigenvalue weighted by molar-refractivity contribution is -0.139. The van der Waals surface area contributed by atoms with E-state index in [1.54, 1.807) is 23.1 Å². The quantitative estimate of drug-likeness (QED) is 0.928. The van der Waals surface area contributed by atoms with Gasteiger partial charge in [-0.25, -0.2) is 0 Å². The molecule has 0 radical (unpaired) electrons. The van der Waals surface area contributed by atoms with Gasteiger partial charge in [-0.15, -0.1) is 0 Å². The highest BCUT2D eigenvalue weighted by Crippen LogP contribution is 2.59. The van der Waals surface area contributed by atoms with Crippen molar-refractivity contribution in [3.05, 3.63) is 28.8 Å². The number of carbonyl (C=O) groups excluding carboxylic acids is 1. The first-order valence-corrected chi connectivity index (χ1v) is 7.70. The van der Waals surface area contributed by atoms with Crippen LogP contribution >= 0.6 is 11.6 Å². The molecule has 1 aliphatic carbocycles. The van der Waals surface area contributed by atoms with Crippen molar-refractivity contribution in [1.82, 2.24) is 4.90 Å². The predicted octanol–water partition coefficient (Wildman–Crippen LogP) is 2.68. The number of methoxy groups -OCH3 is 1. The molecule has 1 amide bonds. The summed E-state index contributed by atoms with van der Waals surface area (Å²) in [5, 5.41) is 9.63. The maximum atomic E-state index is 12.6. The van der Waals surface area contributed by atoms with Crippen molar-refractivity contribution >= 4 is 23.5 Å². The third-order valence-electron chi connectivity index (χ3n) is 4.93. The third-order valence-corrected chi connectivity index (χ3v) is 5.16. The minimum Gasteiger partial charge on any atom is -0.496 e. The molecule has 1 aromatic rings. The highest BCUT2D eigenvalue weighted by atomic mass is 35.5. The Bertz CT molecular complexity index is 623. The lowest BCUT2D eigenvalue weighted by atomic mass is 9.90. The molecular formula is C16H18ClNO4. The van der Waals surface area contributed by atoms with E-state index in [9.17, 15) is 9.59 Å². The Morgan fingerprint density at radius 1 is 1.36 bits per heavy atom. The summed E-state index contributed by atoms with van der Waals surface area (Å²) in [6, 6.07) is 4.97. The summed E-state index contributed by atoms with van der Waals surface area (Å²) >= 11 is 5.92. The number of carbonyl (C=O) groups is 2. The zero-order valence-electron chi connectivity index (χ0n) is 12.3. The van der Waals surface area contributed by atoms with Gasteiger partial charge in [-0.1, -0.05) is 11.6 Å². The molecule has 118 valence electrons. The molecule has 1 saturated heterocycles. The van der Waals surface area contributed by atoms with Crippen LogP contribution < -0.4 is 4.74 Å². The number of likely N-dealkylation sites (tertiary alicyclic amines) is 1. The van der Waals surface area contributed by atoms with Crippen LogP contribution in [0.3, 0.4) is 0 Å². The Hall–Kier alpha value is -1.75. The monoisotopic (exact) mass is 323 g/mol. The first-order valence-electron chi connectivity index (χ1n) is 7.32. The van der Waals surface area contributed by atoms with Crippen molar-refractivity contribution in [2.75, 3.05) is 20.2 Å². The van der Waals surface area contributed by atoms with E-state index < -0.39 is 5.97 Å². The number of hydrogen-bond acceptors (Lipinski definition) is 3. The number of carboxylic acid groups (broad SMARTS) is 1. The van der Waals surface area contributed by atoms with Gasteiger partial charge in [0.05, 0.1) is 18.6 Å². The summed E-state index contributed by atoms with van der Waals surface area (Å²) in [5.74, 6) is -0.558. The van der Waals surface area contributed by atoms with Crippen LogP contribution in [-0.2, 0) is 4.79 Å². The summed E-state index contributed by atoms with van der Waals surface area (Å²) in [6.07, 6.45) is 2.26. The van der Waals surface area contributed by atoms with E-state index >= 15 is 0 Å². The number of piperidine rings is 1. The zero-order chi connectivity index (χ0) is 15.9. The number of nitrogens with zero attached hydrogens (tertiary/aromatic N) is 1. The van der Waals surface area contributed by atoms with Crippen molar-refractivity contribution in [3.8, 4) is 5.75 Å². The SMILES string of the molecule is COc1cc(Cl)ccc1C(=O)N1CCC2(CC1)CC2C(=O)O. The van der Waals surface area contributed by atoms with Gasteiger partial charge in [0.25, 0.3) is 5.91 Å². The molecule has 1 saturated carbocycles. The van der Waals surface area contributed by atoms with Crippen LogP contribution in [0.4, 0.5) is 0 Å². The molecule has 2 aliphatic rings. The number of ether oxygens (including phenoxy) is 1. The van der Waals surface area contributed by atoms with E-state index in [1.807, 2.05) is 0 Å². The predicted molar refractivity (Wildman–Crippen MR) is 81.3 cm³/mol. The summed E-state index contributed by atoms with van der Waals surface area (Å²) < 4.78 is 5.23. The second-order valence-corrected chi connectivity index (χ2v) is 6.53. The first-order chi connectivity index (χ1) is 10.5. The fourth-order valence-electron chi connectivity index (χ4n) is 3.42. The highest BCUT2D eigenvalue weighted by molar-refractivity contribution is 6.30. The maximum Gasteiger partial charge on any atom is 0.307 e. The molecule has 1 heterocycles. The minimum absolute atomic E-state index is 0.0767. The summed E-state index contributed by atoms with van der Waals surface area (Å²) in [6.45, 7) is 1.18. The Morgan fingerprint density at radius 3 is 2.59 bits per heavy atom. The zero-order valence-corrected chi connectivity index (χ0v) is 13.1. The molecular weight excluding hydrogens is 306 g/mol.